The van der Waals surface area contributed by atoms with Crippen LogP contribution in [0.5, 0.6) is 0 Å². The van der Waals surface area contributed by atoms with Gasteiger partial charge in [-0.3, -0.25) is 0 Å². The summed E-state index contributed by atoms with van der Waals surface area (Å²) in [7, 11) is 0. The minimum Gasteiger partial charge on any atom is -0.396 e. The first-order chi connectivity index (χ1) is 4.66. The molecule has 0 aromatic carbocycles. The second-order valence-corrected chi connectivity index (χ2v) is 3.44. The molecule has 1 rings (SSSR count). The van der Waals surface area contributed by atoms with E-state index in [0.717, 1.165) is 12.0 Å². The van der Waals surface area contributed by atoms with Crippen LogP contribution in [0.3, 0.4) is 0 Å². The average Bonchev–Trinajstić information content (AvgIpc) is 2.09. The van der Waals surface area contributed by atoms with Crippen molar-refractivity contribution in [2.45, 2.75) is 17.7 Å². The Morgan fingerprint density at radius 2 is 2.40 bits per heavy atom. The third-order valence-electron chi connectivity index (χ3n) is 2.11. The van der Waals surface area contributed by atoms with Crippen molar-refractivity contribution in [3.05, 3.63) is 12.2 Å². The monoisotopic (exact) mass is 159 g/mol. The molecule has 0 heterocycles. The van der Waals surface area contributed by atoms with Crippen molar-refractivity contribution >= 4 is 12.6 Å². The zero-order chi connectivity index (χ0) is 7.72. The smallest absolute Gasteiger partial charge is 0.0507 e. The van der Waals surface area contributed by atoms with Crippen LogP contribution < -0.4 is 5.73 Å². The lowest BCUT2D eigenvalue weighted by molar-refractivity contribution is 0.252. The zero-order valence-electron chi connectivity index (χ0n) is 5.83. The molecular weight excluding hydrogens is 146 g/mol. The topological polar surface area (TPSA) is 46.2 Å². The van der Waals surface area contributed by atoms with Gasteiger partial charge in [0.2, 0.25) is 0 Å². The highest BCUT2D eigenvalue weighted by Crippen LogP contribution is 2.32. The van der Waals surface area contributed by atoms with Gasteiger partial charge < -0.3 is 10.8 Å². The van der Waals surface area contributed by atoms with Gasteiger partial charge in [0.15, 0.2) is 0 Å². The van der Waals surface area contributed by atoms with E-state index in [-0.39, 0.29) is 23.8 Å². The van der Waals surface area contributed by atoms with Crippen LogP contribution in [0.2, 0.25) is 0 Å². The number of thiol groups is 1. The summed E-state index contributed by atoms with van der Waals surface area (Å²) in [6.07, 6.45) is 0.840. The Balaban J connectivity index is 2.64. The molecule has 1 fully saturated rings. The first-order valence-corrected chi connectivity index (χ1v) is 3.91. The predicted octanol–water partition coefficient (Wildman–Crippen LogP) is 0.181. The van der Waals surface area contributed by atoms with Crippen LogP contribution in [0.4, 0.5) is 0 Å². The van der Waals surface area contributed by atoms with Crippen LogP contribution in [0.1, 0.15) is 6.42 Å². The number of aliphatic hydroxyl groups is 1. The van der Waals surface area contributed by atoms with E-state index >= 15 is 0 Å². The van der Waals surface area contributed by atoms with E-state index in [2.05, 4.69) is 19.2 Å². The van der Waals surface area contributed by atoms with E-state index in [4.69, 9.17) is 10.8 Å². The molecule has 1 aliphatic carbocycles. The molecule has 0 aromatic heterocycles. The van der Waals surface area contributed by atoms with Crippen molar-refractivity contribution in [2.24, 2.45) is 11.7 Å². The van der Waals surface area contributed by atoms with Crippen molar-refractivity contribution in [2.75, 3.05) is 6.61 Å². The molecule has 1 unspecified atom stereocenters. The summed E-state index contributed by atoms with van der Waals surface area (Å²) < 4.78 is 0. The van der Waals surface area contributed by atoms with E-state index in [0.29, 0.717) is 0 Å². The molecule has 1 saturated carbocycles. The minimum atomic E-state index is 0.0413. The van der Waals surface area contributed by atoms with Gasteiger partial charge in [-0.2, -0.15) is 12.6 Å². The van der Waals surface area contributed by atoms with Gasteiger partial charge in [0.25, 0.3) is 0 Å². The normalized spacial score (nSPS) is 40.7. The lowest BCUT2D eigenvalue weighted by Gasteiger charge is -2.11. The Morgan fingerprint density at radius 3 is 2.60 bits per heavy atom. The molecule has 3 heteroatoms. The third kappa shape index (κ3) is 1.21. The molecule has 0 aromatic rings. The Morgan fingerprint density at radius 1 is 1.80 bits per heavy atom. The van der Waals surface area contributed by atoms with Crippen LogP contribution in [-0.2, 0) is 0 Å². The summed E-state index contributed by atoms with van der Waals surface area (Å²) in [4.78, 5) is 0. The molecule has 3 atom stereocenters. The molecule has 0 bridgehead atoms. The van der Waals surface area contributed by atoms with Gasteiger partial charge in [0, 0.05) is 17.2 Å². The predicted molar refractivity (Wildman–Crippen MR) is 45.1 cm³/mol. The molecule has 0 spiro atoms. The van der Waals surface area contributed by atoms with E-state index < -0.39 is 0 Å². The molecule has 0 amide bonds. The van der Waals surface area contributed by atoms with Crippen LogP contribution in [-0.4, -0.2) is 23.0 Å². The van der Waals surface area contributed by atoms with E-state index in [1.807, 2.05) is 0 Å². The molecule has 58 valence electrons. The maximum atomic E-state index is 8.86. The fourth-order valence-electron chi connectivity index (χ4n) is 1.34. The first-order valence-electron chi connectivity index (χ1n) is 3.40. The maximum absolute atomic E-state index is 8.86. The summed E-state index contributed by atoms with van der Waals surface area (Å²) in [6, 6.07) is 0.0413. The highest BCUT2D eigenvalue weighted by atomic mass is 32.1. The van der Waals surface area contributed by atoms with Gasteiger partial charge in [0.05, 0.1) is 6.61 Å². The Kier molecular flexibility index (Phi) is 2.39. The van der Waals surface area contributed by atoms with Crippen molar-refractivity contribution in [1.82, 2.24) is 0 Å². The quantitative estimate of drug-likeness (QED) is 0.377. The Labute approximate surface area is 66.5 Å². The molecule has 1 aliphatic rings. The molecule has 0 saturated heterocycles. The van der Waals surface area contributed by atoms with Crippen LogP contribution in [0.15, 0.2) is 12.2 Å². The van der Waals surface area contributed by atoms with Gasteiger partial charge in [-0.15, -0.1) is 0 Å². The van der Waals surface area contributed by atoms with Gasteiger partial charge in [0.1, 0.15) is 0 Å². The van der Waals surface area contributed by atoms with Gasteiger partial charge in [-0.25, -0.2) is 0 Å². The van der Waals surface area contributed by atoms with Crippen molar-refractivity contribution in [1.29, 1.82) is 0 Å². The van der Waals surface area contributed by atoms with E-state index in [1.54, 1.807) is 0 Å². The number of hydrogen-bond acceptors (Lipinski definition) is 3. The molecule has 2 nitrogen and oxygen atoms in total. The fourth-order valence-corrected chi connectivity index (χ4v) is 1.85. The second-order valence-electron chi connectivity index (χ2n) is 2.77. The Bertz CT molecular complexity index is 149. The zero-order valence-corrected chi connectivity index (χ0v) is 6.72. The fraction of sp³-hybridized carbons (Fsp3) is 0.714. The van der Waals surface area contributed by atoms with E-state index in [1.165, 1.54) is 0 Å². The van der Waals surface area contributed by atoms with Gasteiger partial charge in [-0.05, 0) is 6.42 Å². The highest BCUT2D eigenvalue weighted by Gasteiger charge is 2.32. The van der Waals surface area contributed by atoms with E-state index in [9.17, 15) is 0 Å². The number of nitrogens with two attached hydrogens (primary N) is 1. The average molecular weight is 159 g/mol. The summed E-state index contributed by atoms with van der Waals surface area (Å²) >= 11 is 4.29. The summed E-state index contributed by atoms with van der Waals surface area (Å²) in [5.74, 6) is 0.110. The molecular formula is C7H13NOS. The van der Waals surface area contributed by atoms with Gasteiger partial charge >= 0.3 is 0 Å². The van der Waals surface area contributed by atoms with Crippen LogP contribution in [0, 0.1) is 5.92 Å². The second kappa shape index (κ2) is 2.95. The SMILES string of the molecule is C=C1C(CO)[C@@H](S)C[C@@H]1N. The molecule has 0 radical (unpaired) electrons. The van der Waals surface area contributed by atoms with Crippen LogP contribution in [0.25, 0.3) is 0 Å². The minimum absolute atomic E-state index is 0.0413. The highest BCUT2D eigenvalue weighted by molar-refractivity contribution is 7.81. The molecule has 3 N–H and O–H groups in total. The van der Waals surface area contributed by atoms with Crippen LogP contribution >= 0.6 is 12.6 Å². The summed E-state index contributed by atoms with van der Waals surface area (Å²) in [6.45, 7) is 3.93. The maximum Gasteiger partial charge on any atom is 0.0507 e. The lowest BCUT2D eigenvalue weighted by Crippen LogP contribution is -2.18. The van der Waals surface area contributed by atoms with Crippen molar-refractivity contribution in [3.8, 4) is 0 Å². The lowest BCUT2D eigenvalue weighted by atomic mass is 10.0. The summed E-state index contributed by atoms with van der Waals surface area (Å²) in [5, 5.41) is 9.06. The molecule has 0 aliphatic heterocycles. The van der Waals surface area contributed by atoms with Crippen molar-refractivity contribution < 1.29 is 5.11 Å². The largest absolute Gasteiger partial charge is 0.396 e. The standard InChI is InChI=1S/C7H13NOS/c1-4-5(3-9)7(10)2-6(4)8/h5-7,9-10H,1-3,8H2/t5?,6-,7-/m0/s1. The van der Waals surface area contributed by atoms with Crippen molar-refractivity contribution in [3.63, 3.8) is 0 Å². The van der Waals surface area contributed by atoms with Gasteiger partial charge in [-0.1, -0.05) is 12.2 Å². The number of aliphatic hydroxyl groups excluding tert-OH is 1. The first kappa shape index (κ1) is 8.11. The third-order valence-corrected chi connectivity index (χ3v) is 2.68. The Hall–Kier alpha value is 0.01000. The molecule has 10 heavy (non-hydrogen) atoms. The number of hydrogen-bond donors (Lipinski definition) is 3. The summed E-state index contributed by atoms with van der Waals surface area (Å²) in [5.41, 5.74) is 6.62. The number of rotatable bonds is 1.